The topological polar surface area (TPSA) is 96.5 Å². The lowest BCUT2D eigenvalue weighted by molar-refractivity contribution is -0.141. The molecule has 0 unspecified atom stereocenters. The van der Waals surface area contributed by atoms with Gasteiger partial charge in [-0.3, -0.25) is 9.59 Å². The van der Waals surface area contributed by atoms with Crippen LogP contribution in [0.3, 0.4) is 0 Å². The van der Waals surface area contributed by atoms with Crippen LogP contribution in [0.15, 0.2) is 35.2 Å². The van der Waals surface area contributed by atoms with Crippen LogP contribution in [0.2, 0.25) is 0 Å². The Balaban J connectivity index is 2.35. The molecule has 0 aliphatic rings. The molecule has 1 N–H and O–H groups in total. The molecular formula is C25H36N2O5S. The van der Waals surface area contributed by atoms with Gasteiger partial charge in [0, 0.05) is 25.2 Å². The van der Waals surface area contributed by atoms with Gasteiger partial charge in [-0.15, -0.1) is 0 Å². The number of sulfonamides is 1. The Morgan fingerprint density at radius 3 is 2.24 bits per heavy atom. The number of unbranched alkanes of at least 4 members (excludes halogenated alkanes) is 4. The van der Waals surface area contributed by atoms with E-state index in [-0.39, 0.29) is 17.5 Å². The van der Waals surface area contributed by atoms with Gasteiger partial charge >= 0.3 is 5.97 Å². The van der Waals surface area contributed by atoms with Crippen LogP contribution in [-0.2, 0) is 37.2 Å². The van der Waals surface area contributed by atoms with Crippen LogP contribution in [0.5, 0.6) is 0 Å². The zero-order chi connectivity index (χ0) is 24.4. The largest absolute Gasteiger partial charge is 0.466 e. The van der Waals surface area contributed by atoms with Crippen LogP contribution in [0.25, 0.3) is 0 Å². The number of aromatic amines is 1. The third-order valence-electron chi connectivity index (χ3n) is 5.42. The van der Waals surface area contributed by atoms with Crippen LogP contribution in [-0.4, -0.2) is 31.9 Å². The molecule has 0 radical (unpaired) electrons. The van der Waals surface area contributed by atoms with Crippen molar-refractivity contribution in [2.45, 2.75) is 84.0 Å². The molecule has 0 aliphatic carbocycles. The molecule has 0 atom stereocenters. The highest BCUT2D eigenvalue weighted by molar-refractivity contribution is 7.93. The number of amides is 1. The Bertz CT molecular complexity index is 1030. The van der Waals surface area contributed by atoms with Gasteiger partial charge in [0.05, 0.1) is 17.2 Å². The van der Waals surface area contributed by atoms with E-state index in [1.807, 2.05) is 6.92 Å². The first-order valence-corrected chi connectivity index (χ1v) is 13.1. The van der Waals surface area contributed by atoms with Crippen molar-refractivity contribution in [1.82, 2.24) is 4.98 Å². The molecule has 0 aliphatic heterocycles. The monoisotopic (exact) mass is 476 g/mol. The van der Waals surface area contributed by atoms with E-state index in [4.69, 9.17) is 4.74 Å². The number of rotatable bonds is 13. The molecule has 0 saturated heterocycles. The van der Waals surface area contributed by atoms with Gasteiger partial charge in [-0.2, -0.15) is 0 Å². The fourth-order valence-corrected chi connectivity index (χ4v) is 5.17. The van der Waals surface area contributed by atoms with Gasteiger partial charge in [0.1, 0.15) is 0 Å². The Hall–Kier alpha value is -2.61. The molecule has 1 aromatic carbocycles. The summed E-state index contributed by atoms with van der Waals surface area (Å²) in [5.74, 6) is -0.938. The molecule has 1 heterocycles. The smallest absolute Gasteiger partial charge is 0.302 e. The van der Waals surface area contributed by atoms with Crippen molar-refractivity contribution in [3.63, 3.8) is 0 Å². The maximum atomic E-state index is 13.4. The molecule has 7 nitrogen and oxygen atoms in total. The molecule has 0 bridgehead atoms. The highest BCUT2D eigenvalue weighted by Crippen LogP contribution is 2.30. The van der Waals surface area contributed by atoms with Gasteiger partial charge in [0.25, 0.3) is 10.0 Å². The van der Waals surface area contributed by atoms with E-state index in [2.05, 4.69) is 11.9 Å². The van der Waals surface area contributed by atoms with Crippen molar-refractivity contribution in [2.24, 2.45) is 0 Å². The van der Waals surface area contributed by atoms with Gasteiger partial charge in [-0.1, -0.05) is 50.3 Å². The van der Waals surface area contributed by atoms with Gasteiger partial charge in [0.2, 0.25) is 5.91 Å². The first-order chi connectivity index (χ1) is 15.7. The minimum atomic E-state index is -4.08. The van der Waals surface area contributed by atoms with Gasteiger partial charge in [0.15, 0.2) is 0 Å². The average Bonchev–Trinajstić information content (AvgIpc) is 3.13. The van der Waals surface area contributed by atoms with E-state index in [0.29, 0.717) is 24.2 Å². The lowest BCUT2D eigenvalue weighted by atomic mass is 10.1. The van der Waals surface area contributed by atoms with Crippen LogP contribution in [0.4, 0.5) is 5.69 Å². The normalized spacial score (nSPS) is 11.4. The molecule has 2 rings (SSSR count). The lowest BCUT2D eigenvalue weighted by Gasteiger charge is -2.21. The number of carbonyl (C=O) groups excluding carboxylic acids is 2. The third-order valence-corrected chi connectivity index (χ3v) is 7.22. The summed E-state index contributed by atoms with van der Waals surface area (Å²) in [7, 11) is -4.08. The standard InChI is InChI=1S/C25H36N2O5S/c1-5-6-7-8-9-11-22-18-25(24(26-22)12-10-17-32-21(4)29)27(20(3)28)33(30,31)23-15-13-19(2)14-16-23/h13-16,18,26H,5-12,17H2,1-4H3. The van der Waals surface area contributed by atoms with E-state index in [9.17, 15) is 18.0 Å². The van der Waals surface area contributed by atoms with E-state index < -0.39 is 15.9 Å². The molecule has 33 heavy (non-hydrogen) atoms. The average molecular weight is 477 g/mol. The SMILES string of the molecule is CCCCCCCc1cc(N(C(C)=O)S(=O)(=O)c2ccc(C)cc2)c(CCCOC(C)=O)[nH]1. The number of H-pyrrole nitrogens is 1. The molecule has 0 saturated carbocycles. The quantitative estimate of drug-likeness (QED) is 0.321. The first kappa shape index (κ1) is 26.6. The number of hydrogen-bond donors (Lipinski definition) is 1. The van der Waals surface area contributed by atoms with Crippen molar-refractivity contribution in [2.75, 3.05) is 10.9 Å². The number of carbonyl (C=O) groups is 2. The summed E-state index contributed by atoms with van der Waals surface area (Å²) in [6.07, 6.45) is 7.36. The number of nitrogens with one attached hydrogen (secondary N) is 1. The highest BCUT2D eigenvalue weighted by Gasteiger charge is 2.31. The maximum absolute atomic E-state index is 13.4. The number of aryl methyl sites for hydroxylation is 3. The number of benzene rings is 1. The molecule has 2 aromatic rings. The molecule has 0 spiro atoms. The number of anilines is 1. The van der Waals surface area contributed by atoms with Crippen molar-refractivity contribution in [3.8, 4) is 0 Å². The molecule has 0 fully saturated rings. The summed E-state index contributed by atoms with van der Waals surface area (Å²) >= 11 is 0. The second-order valence-electron chi connectivity index (χ2n) is 8.37. The summed E-state index contributed by atoms with van der Waals surface area (Å²) in [4.78, 5) is 27.1. The minimum absolute atomic E-state index is 0.0662. The zero-order valence-corrected chi connectivity index (χ0v) is 21.0. The van der Waals surface area contributed by atoms with Crippen LogP contribution >= 0.6 is 0 Å². The van der Waals surface area contributed by atoms with Gasteiger partial charge in [-0.05, 0) is 50.8 Å². The predicted octanol–water partition coefficient (Wildman–Crippen LogP) is 5.07. The molecular weight excluding hydrogens is 440 g/mol. The highest BCUT2D eigenvalue weighted by atomic mass is 32.2. The Kier molecular flexibility index (Phi) is 10.2. The second-order valence-corrected chi connectivity index (χ2v) is 10.2. The van der Waals surface area contributed by atoms with Gasteiger partial charge < -0.3 is 9.72 Å². The van der Waals surface area contributed by atoms with E-state index in [1.165, 1.54) is 45.2 Å². The third kappa shape index (κ3) is 7.74. The molecule has 182 valence electrons. The zero-order valence-electron chi connectivity index (χ0n) is 20.1. The summed E-state index contributed by atoms with van der Waals surface area (Å²) in [6, 6.07) is 8.23. The van der Waals surface area contributed by atoms with E-state index in [1.54, 1.807) is 18.2 Å². The molecule has 1 aromatic heterocycles. The Morgan fingerprint density at radius 1 is 0.970 bits per heavy atom. The number of ether oxygens (including phenoxy) is 1. The number of esters is 1. The lowest BCUT2D eigenvalue weighted by Crippen LogP contribution is -2.35. The molecule has 1 amide bonds. The van der Waals surface area contributed by atoms with Crippen molar-refractivity contribution in [3.05, 3.63) is 47.3 Å². The summed E-state index contributed by atoms with van der Waals surface area (Å²) < 4.78 is 32.7. The molecule has 8 heteroatoms. The van der Waals surface area contributed by atoms with Crippen molar-refractivity contribution < 1.29 is 22.7 Å². The van der Waals surface area contributed by atoms with Crippen LogP contribution in [0.1, 0.15) is 76.2 Å². The van der Waals surface area contributed by atoms with Crippen molar-refractivity contribution >= 4 is 27.6 Å². The number of hydrogen-bond acceptors (Lipinski definition) is 5. The van der Waals surface area contributed by atoms with E-state index in [0.717, 1.165) is 34.8 Å². The summed E-state index contributed by atoms with van der Waals surface area (Å²) in [5, 5.41) is 0. The van der Waals surface area contributed by atoms with Crippen molar-refractivity contribution in [1.29, 1.82) is 0 Å². The fourth-order valence-electron chi connectivity index (χ4n) is 3.72. The Labute approximate surface area is 197 Å². The van der Waals surface area contributed by atoms with Crippen LogP contribution in [0, 0.1) is 6.92 Å². The maximum Gasteiger partial charge on any atom is 0.302 e. The second kappa shape index (κ2) is 12.6. The number of nitrogens with zero attached hydrogens (tertiary/aromatic N) is 1. The number of aromatic nitrogens is 1. The fraction of sp³-hybridized carbons (Fsp3) is 0.520. The first-order valence-electron chi connectivity index (χ1n) is 11.6. The Morgan fingerprint density at radius 2 is 1.64 bits per heavy atom. The minimum Gasteiger partial charge on any atom is -0.466 e. The van der Waals surface area contributed by atoms with Gasteiger partial charge in [-0.25, -0.2) is 12.7 Å². The summed E-state index contributed by atoms with van der Waals surface area (Å²) in [5.41, 5.74) is 2.82. The summed E-state index contributed by atoms with van der Waals surface area (Å²) in [6.45, 7) is 6.88. The van der Waals surface area contributed by atoms with Crippen LogP contribution < -0.4 is 4.31 Å². The predicted molar refractivity (Wildman–Crippen MR) is 130 cm³/mol. The van der Waals surface area contributed by atoms with E-state index >= 15 is 0 Å².